The van der Waals surface area contributed by atoms with Crippen LogP contribution in [0.2, 0.25) is 0 Å². The van der Waals surface area contributed by atoms with Gasteiger partial charge in [-0.2, -0.15) is 0 Å². The predicted molar refractivity (Wildman–Crippen MR) is 118 cm³/mol. The molecule has 5 heteroatoms. The highest BCUT2D eigenvalue weighted by molar-refractivity contribution is 7.80. The molecule has 0 saturated carbocycles. The van der Waals surface area contributed by atoms with Crippen LogP contribution < -0.4 is 4.90 Å². The van der Waals surface area contributed by atoms with Gasteiger partial charge in [-0.25, -0.2) is 0 Å². The zero-order valence-corrected chi connectivity index (χ0v) is 17.7. The summed E-state index contributed by atoms with van der Waals surface area (Å²) in [7, 11) is 1.68. The highest BCUT2D eigenvalue weighted by atomic mass is 32.1. The minimum atomic E-state index is -0.227. The van der Waals surface area contributed by atoms with Crippen molar-refractivity contribution in [1.82, 2.24) is 0 Å². The summed E-state index contributed by atoms with van der Waals surface area (Å²) in [5.41, 5.74) is 3.13. The summed E-state index contributed by atoms with van der Waals surface area (Å²) in [4.78, 5) is 6.87. The van der Waals surface area contributed by atoms with E-state index >= 15 is 0 Å². The first kappa shape index (κ1) is 20.9. The molecule has 2 aromatic carbocycles. The van der Waals surface area contributed by atoms with Crippen LogP contribution in [-0.4, -0.2) is 28.1 Å². The minimum absolute atomic E-state index is 0.156. The normalized spacial score (nSPS) is 12.1. The fourth-order valence-corrected chi connectivity index (χ4v) is 3.23. The summed E-state index contributed by atoms with van der Waals surface area (Å²) in [5, 5.41) is 20.7. The van der Waals surface area contributed by atoms with Crippen LogP contribution in [0.1, 0.15) is 51.3 Å². The van der Waals surface area contributed by atoms with Gasteiger partial charge in [-0.05, 0) is 54.7 Å². The number of benzene rings is 2. The van der Waals surface area contributed by atoms with Crippen LogP contribution in [0, 0.1) is 0 Å². The van der Waals surface area contributed by atoms with E-state index < -0.39 is 0 Å². The Morgan fingerprint density at radius 2 is 1.70 bits per heavy atom. The SMILES string of the molecule is CCc1ccc(O)c(C(=NC)N(C(C)=S)c2ccc(O)c(C(C)(C)C)c2)c1. The first-order chi connectivity index (χ1) is 12.6. The lowest BCUT2D eigenvalue weighted by Gasteiger charge is -2.28. The number of amidine groups is 1. The molecule has 27 heavy (non-hydrogen) atoms. The number of aryl methyl sites for hydroxylation is 1. The fourth-order valence-electron chi connectivity index (χ4n) is 3.04. The molecule has 0 radical (unpaired) electrons. The Hall–Kier alpha value is -2.40. The van der Waals surface area contributed by atoms with Gasteiger partial charge in [0.25, 0.3) is 0 Å². The van der Waals surface area contributed by atoms with Crippen molar-refractivity contribution in [2.75, 3.05) is 11.9 Å². The highest BCUT2D eigenvalue weighted by Gasteiger charge is 2.24. The largest absolute Gasteiger partial charge is 0.508 e. The first-order valence-corrected chi connectivity index (χ1v) is 9.44. The number of rotatable bonds is 3. The Morgan fingerprint density at radius 1 is 1.07 bits per heavy atom. The molecule has 144 valence electrons. The Kier molecular flexibility index (Phi) is 6.26. The van der Waals surface area contributed by atoms with E-state index in [0.29, 0.717) is 16.4 Å². The highest BCUT2D eigenvalue weighted by Crippen LogP contribution is 2.35. The Bertz CT molecular complexity index is 882. The molecule has 2 rings (SSSR count). The van der Waals surface area contributed by atoms with Crippen molar-refractivity contribution in [3.05, 3.63) is 53.1 Å². The molecule has 0 atom stereocenters. The standard InChI is InChI=1S/C22H28N2O2S/c1-7-15-8-10-19(25)17(12-15)21(23-6)24(14(2)27)16-9-11-20(26)18(13-16)22(3,4)5/h8-13,25-26H,7H2,1-6H3. The van der Waals surface area contributed by atoms with Crippen molar-refractivity contribution >= 4 is 28.7 Å². The zero-order chi connectivity index (χ0) is 20.4. The second-order valence-corrected chi connectivity index (χ2v) is 8.15. The predicted octanol–water partition coefficient (Wildman–Crippen LogP) is 5.19. The number of aromatic hydroxyl groups is 2. The molecule has 0 heterocycles. The molecule has 0 amide bonds. The molecule has 0 bridgehead atoms. The summed E-state index contributed by atoms with van der Waals surface area (Å²) >= 11 is 5.52. The van der Waals surface area contributed by atoms with Crippen LogP contribution in [0.5, 0.6) is 11.5 Å². The third-order valence-electron chi connectivity index (χ3n) is 4.49. The van der Waals surface area contributed by atoms with Gasteiger partial charge in [0.2, 0.25) is 0 Å². The molecular formula is C22H28N2O2S. The van der Waals surface area contributed by atoms with Crippen LogP contribution in [0.4, 0.5) is 5.69 Å². The van der Waals surface area contributed by atoms with E-state index in [2.05, 4.69) is 11.9 Å². The van der Waals surface area contributed by atoms with Crippen molar-refractivity contribution in [2.24, 2.45) is 4.99 Å². The number of anilines is 1. The van der Waals surface area contributed by atoms with E-state index in [1.54, 1.807) is 19.2 Å². The number of hydrogen-bond donors (Lipinski definition) is 2. The van der Waals surface area contributed by atoms with Crippen molar-refractivity contribution in [1.29, 1.82) is 0 Å². The maximum absolute atomic E-state index is 10.4. The maximum Gasteiger partial charge on any atom is 0.143 e. The lowest BCUT2D eigenvalue weighted by atomic mass is 9.86. The van der Waals surface area contributed by atoms with Crippen LogP contribution in [0.3, 0.4) is 0 Å². The Balaban J connectivity index is 2.66. The summed E-state index contributed by atoms with van der Waals surface area (Å²) in [5.74, 6) is 0.976. The molecule has 4 nitrogen and oxygen atoms in total. The van der Waals surface area contributed by atoms with E-state index in [0.717, 1.165) is 23.2 Å². The van der Waals surface area contributed by atoms with Gasteiger partial charge in [0.15, 0.2) is 0 Å². The molecular weight excluding hydrogens is 356 g/mol. The van der Waals surface area contributed by atoms with Gasteiger partial charge in [-0.1, -0.05) is 46.0 Å². The second-order valence-electron chi connectivity index (χ2n) is 7.56. The zero-order valence-electron chi connectivity index (χ0n) is 16.9. The number of hydrogen-bond acceptors (Lipinski definition) is 4. The van der Waals surface area contributed by atoms with E-state index in [4.69, 9.17) is 12.2 Å². The van der Waals surface area contributed by atoms with Gasteiger partial charge in [0.1, 0.15) is 17.3 Å². The summed E-state index contributed by atoms with van der Waals surface area (Å²) in [6, 6.07) is 10.9. The Morgan fingerprint density at radius 3 is 2.22 bits per heavy atom. The van der Waals surface area contributed by atoms with Gasteiger partial charge in [0.05, 0.1) is 10.6 Å². The topological polar surface area (TPSA) is 56.1 Å². The number of aliphatic imine (C=N–C) groups is 1. The number of nitrogens with zero attached hydrogens (tertiary/aromatic N) is 2. The van der Waals surface area contributed by atoms with Crippen molar-refractivity contribution in [2.45, 2.75) is 46.5 Å². The molecule has 0 unspecified atom stereocenters. The number of phenolic OH excluding ortho intramolecular Hbond substituents is 2. The summed E-state index contributed by atoms with van der Waals surface area (Å²) in [6.07, 6.45) is 0.855. The third-order valence-corrected chi connectivity index (χ3v) is 4.68. The van der Waals surface area contributed by atoms with Crippen LogP contribution in [0.25, 0.3) is 0 Å². The van der Waals surface area contributed by atoms with E-state index in [1.807, 2.05) is 56.9 Å². The summed E-state index contributed by atoms with van der Waals surface area (Å²) in [6.45, 7) is 10.0. The first-order valence-electron chi connectivity index (χ1n) is 9.03. The van der Waals surface area contributed by atoms with Crippen molar-refractivity contribution in [3.63, 3.8) is 0 Å². The van der Waals surface area contributed by atoms with Crippen molar-refractivity contribution in [3.8, 4) is 11.5 Å². The van der Waals surface area contributed by atoms with E-state index in [1.165, 1.54) is 0 Å². The lowest BCUT2D eigenvalue weighted by molar-refractivity contribution is 0.447. The quantitative estimate of drug-likeness (QED) is 0.434. The fraction of sp³-hybridized carbons (Fsp3) is 0.364. The second kappa shape index (κ2) is 8.09. The molecule has 0 fully saturated rings. The average Bonchev–Trinajstić information content (AvgIpc) is 2.60. The average molecular weight is 385 g/mol. The van der Waals surface area contributed by atoms with Gasteiger partial charge in [-0.3, -0.25) is 9.89 Å². The molecule has 0 aliphatic heterocycles. The molecule has 0 aliphatic carbocycles. The molecule has 0 spiro atoms. The monoisotopic (exact) mass is 384 g/mol. The lowest BCUT2D eigenvalue weighted by Crippen LogP contribution is -2.35. The van der Waals surface area contributed by atoms with Gasteiger partial charge in [0, 0.05) is 18.3 Å². The van der Waals surface area contributed by atoms with E-state index in [-0.39, 0.29) is 16.9 Å². The van der Waals surface area contributed by atoms with Crippen molar-refractivity contribution < 1.29 is 10.2 Å². The van der Waals surface area contributed by atoms with Crippen LogP contribution >= 0.6 is 12.2 Å². The van der Waals surface area contributed by atoms with Gasteiger partial charge < -0.3 is 10.2 Å². The smallest absolute Gasteiger partial charge is 0.143 e. The Labute approximate surface area is 167 Å². The van der Waals surface area contributed by atoms with Crippen LogP contribution in [0.15, 0.2) is 41.4 Å². The number of thiocarbonyl (C=S) groups is 1. The maximum atomic E-state index is 10.4. The van der Waals surface area contributed by atoms with Gasteiger partial charge in [-0.15, -0.1) is 0 Å². The minimum Gasteiger partial charge on any atom is -0.508 e. The molecule has 0 saturated heterocycles. The third kappa shape index (κ3) is 4.48. The molecule has 0 aromatic heterocycles. The van der Waals surface area contributed by atoms with Crippen LogP contribution in [-0.2, 0) is 11.8 Å². The summed E-state index contributed by atoms with van der Waals surface area (Å²) < 4.78 is 0. The number of phenols is 2. The molecule has 0 aliphatic rings. The molecule has 2 aromatic rings. The van der Waals surface area contributed by atoms with Gasteiger partial charge >= 0.3 is 0 Å². The molecule has 2 N–H and O–H groups in total. The van der Waals surface area contributed by atoms with E-state index in [9.17, 15) is 10.2 Å².